The summed E-state index contributed by atoms with van der Waals surface area (Å²) in [6, 6.07) is 3.69. The van der Waals surface area contributed by atoms with Crippen molar-refractivity contribution in [3.05, 3.63) is 36.3 Å². The Balaban J connectivity index is 0.00000400. The van der Waals surface area contributed by atoms with Crippen LogP contribution in [0.25, 0.3) is 0 Å². The molecule has 1 aromatic heterocycles. The lowest BCUT2D eigenvalue weighted by molar-refractivity contribution is -0.127. The zero-order chi connectivity index (χ0) is 15.0. The summed E-state index contributed by atoms with van der Waals surface area (Å²) in [5.41, 5.74) is 0.983. The van der Waals surface area contributed by atoms with Gasteiger partial charge in [-0.05, 0) is 19.1 Å². The molecule has 0 radical (unpaired) electrons. The molecule has 0 aliphatic rings. The van der Waals surface area contributed by atoms with Crippen LogP contribution in [0.4, 0.5) is 0 Å². The smallest absolute Gasteiger partial charge is 0.243 e. The fourth-order valence-corrected chi connectivity index (χ4v) is 1.28. The Morgan fingerprint density at radius 2 is 2.14 bits per heavy atom. The van der Waals surface area contributed by atoms with E-state index < -0.39 is 0 Å². The highest BCUT2D eigenvalue weighted by atomic mass is 127. The fraction of sp³-hybridized carbons (Fsp3) is 0.429. The highest BCUT2D eigenvalue weighted by molar-refractivity contribution is 14.0. The summed E-state index contributed by atoms with van der Waals surface area (Å²) in [6.07, 6.45) is 1.62. The Labute approximate surface area is 142 Å². The summed E-state index contributed by atoms with van der Waals surface area (Å²) < 4.78 is 5.24. The number of rotatable bonds is 6. The van der Waals surface area contributed by atoms with Crippen LogP contribution in [0.15, 0.2) is 40.0 Å². The number of aliphatic imine (C=N–C) groups is 1. The number of amides is 1. The first-order valence-corrected chi connectivity index (χ1v) is 6.38. The lowest BCUT2D eigenvalue weighted by Gasteiger charge is -2.13. The summed E-state index contributed by atoms with van der Waals surface area (Å²) in [5, 5.41) is 6.21. The lowest BCUT2D eigenvalue weighted by Crippen LogP contribution is -2.38. The second-order valence-electron chi connectivity index (χ2n) is 4.70. The number of carbonyl (C=O) groups is 1. The van der Waals surface area contributed by atoms with Crippen LogP contribution in [0.3, 0.4) is 0 Å². The average Bonchev–Trinajstić information content (AvgIpc) is 2.90. The topological polar surface area (TPSA) is 69.9 Å². The molecule has 0 saturated carbocycles. The minimum Gasteiger partial charge on any atom is -0.467 e. The SMILES string of the molecule is C=C(C)CNC(=NCC(=O)N(C)C)NCc1ccco1.I. The largest absolute Gasteiger partial charge is 0.467 e. The summed E-state index contributed by atoms with van der Waals surface area (Å²) in [5.74, 6) is 1.30. The van der Waals surface area contributed by atoms with Crippen LogP contribution in [0.1, 0.15) is 12.7 Å². The predicted octanol–water partition coefficient (Wildman–Crippen LogP) is 1.60. The highest BCUT2D eigenvalue weighted by Gasteiger charge is 2.05. The Hall–Kier alpha value is -1.51. The number of hydrogen-bond acceptors (Lipinski definition) is 3. The Bertz CT molecular complexity index is 469. The molecule has 0 aromatic carbocycles. The molecule has 21 heavy (non-hydrogen) atoms. The van der Waals surface area contributed by atoms with Crippen molar-refractivity contribution in [1.82, 2.24) is 15.5 Å². The summed E-state index contributed by atoms with van der Waals surface area (Å²) in [6.45, 7) is 6.94. The lowest BCUT2D eigenvalue weighted by atomic mass is 10.3. The minimum absolute atomic E-state index is 0. The monoisotopic (exact) mass is 406 g/mol. The molecule has 0 unspecified atom stereocenters. The number of nitrogens with zero attached hydrogens (tertiary/aromatic N) is 2. The molecule has 0 bridgehead atoms. The molecule has 0 fully saturated rings. The number of nitrogens with one attached hydrogen (secondary N) is 2. The second-order valence-corrected chi connectivity index (χ2v) is 4.70. The molecule has 0 aliphatic carbocycles. The van der Waals surface area contributed by atoms with Crippen LogP contribution in [-0.4, -0.2) is 44.0 Å². The molecule has 118 valence electrons. The third-order valence-electron chi connectivity index (χ3n) is 2.44. The number of furan rings is 1. The van der Waals surface area contributed by atoms with Crippen LogP contribution in [0.2, 0.25) is 0 Å². The zero-order valence-electron chi connectivity index (χ0n) is 12.7. The van der Waals surface area contributed by atoms with Gasteiger partial charge in [-0.2, -0.15) is 0 Å². The van der Waals surface area contributed by atoms with E-state index in [4.69, 9.17) is 4.42 Å². The van der Waals surface area contributed by atoms with Gasteiger partial charge in [-0.15, -0.1) is 24.0 Å². The van der Waals surface area contributed by atoms with Crippen LogP contribution >= 0.6 is 24.0 Å². The molecule has 0 saturated heterocycles. The normalized spacial score (nSPS) is 10.5. The molecule has 1 amide bonds. The van der Waals surface area contributed by atoms with Crippen molar-refractivity contribution in [2.75, 3.05) is 27.2 Å². The van der Waals surface area contributed by atoms with E-state index in [0.717, 1.165) is 11.3 Å². The number of hydrogen-bond donors (Lipinski definition) is 2. The van der Waals surface area contributed by atoms with Gasteiger partial charge in [-0.25, -0.2) is 4.99 Å². The van der Waals surface area contributed by atoms with E-state index in [9.17, 15) is 4.79 Å². The summed E-state index contributed by atoms with van der Waals surface area (Å²) in [4.78, 5) is 17.3. The quantitative estimate of drug-likeness (QED) is 0.326. The van der Waals surface area contributed by atoms with Crippen molar-refractivity contribution >= 4 is 35.8 Å². The van der Waals surface area contributed by atoms with Crippen molar-refractivity contribution in [2.45, 2.75) is 13.5 Å². The molecule has 1 rings (SSSR count). The highest BCUT2D eigenvalue weighted by Crippen LogP contribution is 1.98. The van der Waals surface area contributed by atoms with Crippen LogP contribution < -0.4 is 10.6 Å². The van der Waals surface area contributed by atoms with E-state index in [1.54, 1.807) is 20.4 Å². The van der Waals surface area contributed by atoms with E-state index in [1.165, 1.54) is 4.90 Å². The second kappa shape index (κ2) is 10.3. The molecule has 0 atom stereocenters. The van der Waals surface area contributed by atoms with Gasteiger partial charge < -0.3 is 20.0 Å². The molecular weight excluding hydrogens is 383 g/mol. The van der Waals surface area contributed by atoms with Crippen LogP contribution in [-0.2, 0) is 11.3 Å². The van der Waals surface area contributed by atoms with Gasteiger partial charge in [0, 0.05) is 20.6 Å². The van der Waals surface area contributed by atoms with E-state index in [-0.39, 0.29) is 36.4 Å². The molecule has 7 heteroatoms. The van der Waals surface area contributed by atoms with Crippen molar-refractivity contribution in [3.8, 4) is 0 Å². The van der Waals surface area contributed by atoms with E-state index >= 15 is 0 Å². The zero-order valence-corrected chi connectivity index (χ0v) is 15.0. The van der Waals surface area contributed by atoms with Gasteiger partial charge in [0.25, 0.3) is 0 Å². The molecule has 0 spiro atoms. The maximum Gasteiger partial charge on any atom is 0.243 e. The van der Waals surface area contributed by atoms with Crippen molar-refractivity contribution in [3.63, 3.8) is 0 Å². The number of guanidine groups is 1. The van der Waals surface area contributed by atoms with E-state index in [0.29, 0.717) is 19.0 Å². The van der Waals surface area contributed by atoms with Crippen LogP contribution in [0.5, 0.6) is 0 Å². The maximum absolute atomic E-state index is 11.5. The van der Waals surface area contributed by atoms with Gasteiger partial charge in [-0.3, -0.25) is 4.79 Å². The molecule has 0 aliphatic heterocycles. The molecule has 1 aromatic rings. The first-order valence-electron chi connectivity index (χ1n) is 6.38. The number of carbonyl (C=O) groups excluding carboxylic acids is 1. The molecular formula is C14H23IN4O2. The first-order chi connectivity index (χ1) is 9.49. The predicted molar refractivity (Wildman–Crippen MR) is 94.8 cm³/mol. The van der Waals surface area contributed by atoms with Crippen molar-refractivity contribution < 1.29 is 9.21 Å². The first kappa shape index (κ1) is 19.5. The van der Waals surface area contributed by atoms with Crippen molar-refractivity contribution in [2.24, 2.45) is 4.99 Å². The van der Waals surface area contributed by atoms with Crippen molar-refractivity contribution in [1.29, 1.82) is 0 Å². The van der Waals surface area contributed by atoms with Gasteiger partial charge >= 0.3 is 0 Å². The maximum atomic E-state index is 11.5. The van der Waals surface area contributed by atoms with E-state index in [1.807, 2.05) is 19.1 Å². The molecule has 2 N–H and O–H groups in total. The van der Waals surface area contributed by atoms with Gasteiger partial charge in [-0.1, -0.05) is 12.2 Å². The van der Waals surface area contributed by atoms with Gasteiger partial charge in [0.05, 0.1) is 12.8 Å². The molecule has 1 heterocycles. The Morgan fingerprint density at radius 3 is 2.67 bits per heavy atom. The number of likely N-dealkylation sites (N-methyl/N-ethyl adjacent to an activating group) is 1. The van der Waals surface area contributed by atoms with Gasteiger partial charge in [0.15, 0.2) is 5.96 Å². The van der Waals surface area contributed by atoms with Crippen LogP contribution in [0, 0.1) is 0 Å². The number of halogens is 1. The third kappa shape index (κ3) is 8.38. The van der Waals surface area contributed by atoms with Gasteiger partial charge in [0.1, 0.15) is 12.3 Å². The summed E-state index contributed by atoms with van der Waals surface area (Å²) >= 11 is 0. The van der Waals surface area contributed by atoms with Gasteiger partial charge in [0.2, 0.25) is 5.91 Å². The molecule has 6 nitrogen and oxygen atoms in total. The fourth-order valence-electron chi connectivity index (χ4n) is 1.28. The Morgan fingerprint density at radius 1 is 1.43 bits per heavy atom. The average molecular weight is 406 g/mol. The third-order valence-corrected chi connectivity index (χ3v) is 2.44. The Kier molecular flexibility index (Phi) is 9.51. The summed E-state index contributed by atoms with van der Waals surface area (Å²) in [7, 11) is 3.41. The standard InChI is InChI=1S/C14H22N4O2.HI/c1-11(2)8-15-14(17-10-13(19)18(3)4)16-9-12-6-5-7-20-12;/h5-7H,1,8-10H2,2-4H3,(H2,15,16,17);1H. The minimum atomic E-state index is -0.0561. The van der Waals surface area contributed by atoms with E-state index in [2.05, 4.69) is 22.2 Å².